The highest BCUT2D eigenvalue weighted by Gasteiger charge is 2.34. The molecule has 1 aliphatic rings. The predicted molar refractivity (Wildman–Crippen MR) is 103 cm³/mol. The van der Waals surface area contributed by atoms with Gasteiger partial charge in [0.25, 0.3) is 5.91 Å². The molecule has 0 N–H and O–H groups in total. The standard InChI is InChI=1S/C21H22N4O2/c1-2-8-20-21(26)25(18-11-6-7-12-19(18)27-20)15-17-14-24(23-22-17)13-16-9-4-3-5-10-16/h3-7,9-12,14,20H,2,8,13,15H2,1H3. The zero-order valence-corrected chi connectivity index (χ0v) is 15.3. The molecular weight excluding hydrogens is 340 g/mol. The fourth-order valence-corrected chi connectivity index (χ4v) is 3.30. The first-order valence-electron chi connectivity index (χ1n) is 9.24. The van der Waals surface area contributed by atoms with Gasteiger partial charge in [-0.3, -0.25) is 9.69 Å². The molecule has 0 bridgehead atoms. The molecule has 1 aromatic heterocycles. The van der Waals surface area contributed by atoms with Crippen molar-refractivity contribution in [2.24, 2.45) is 0 Å². The average molecular weight is 362 g/mol. The van der Waals surface area contributed by atoms with Gasteiger partial charge in [-0.2, -0.15) is 0 Å². The number of anilines is 1. The van der Waals surface area contributed by atoms with Gasteiger partial charge in [-0.25, -0.2) is 4.68 Å². The Kier molecular flexibility index (Phi) is 4.87. The summed E-state index contributed by atoms with van der Waals surface area (Å²) >= 11 is 0. The van der Waals surface area contributed by atoms with Crippen LogP contribution in [0.5, 0.6) is 5.75 Å². The third-order valence-electron chi connectivity index (χ3n) is 4.61. The number of rotatable bonds is 6. The summed E-state index contributed by atoms with van der Waals surface area (Å²) in [6.45, 7) is 3.09. The summed E-state index contributed by atoms with van der Waals surface area (Å²) in [4.78, 5) is 14.7. The van der Waals surface area contributed by atoms with E-state index in [1.54, 1.807) is 9.58 Å². The Morgan fingerprint density at radius 2 is 1.81 bits per heavy atom. The number of hydrogen-bond acceptors (Lipinski definition) is 4. The summed E-state index contributed by atoms with van der Waals surface area (Å²) in [6, 6.07) is 17.8. The summed E-state index contributed by atoms with van der Waals surface area (Å²) < 4.78 is 7.70. The number of aromatic nitrogens is 3. The number of carbonyl (C=O) groups excluding carboxylic acids is 1. The molecule has 0 saturated carbocycles. The number of benzene rings is 2. The van der Waals surface area contributed by atoms with Crippen molar-refractivity contribution in [2.75, 3.05) is 4.90 Å². The molecule has 138 valence electrons. The topological polar surface area (TPSA) is 60.2 Å². The van der Waals surface area contributed by atoms with E-state index in [2.05, 4.69) is 29.4 Å². The smallest absolute Gasteiger partial charge is 0.268 e. The van der Waals surface area contributed by atoms with Crippen LogP contribution in [-0.2, 0) is 17.9 Å². The fourth-order valence-electron chi connectivity index (χ4n) is 3.30. The number of hydrogen-bond donors (Lipinski definition) is 0. The van der Waals surface area contributed by atoms with Crippen LogP contribution in [0.1, 0.15) is 31.0 Å². The summed E-state index contributed by atoms with van der Waals surface area (Å²) in [7, 11) is 0. The highest BCUT2D eigenvalue weighted by Crippen LogP contribution is 2.35. The molecule has 4 rings (SSSR count). The second-order valence-electron chi connectivity index (χ2n) is 6.68. The molecular formula is C21H22N4O2. The number of carbonyl (C=O) groups is 1. The van der Waals surface area contributed by atoms with Gasteiger partial charge in [0.15, 0.2) is 6.10 Å². The molecule has 6 nitrogen and oxygen atoms in total. The first kappa shape index (κ1) is 17.3. The van der Waals surface area contributed by atoms with Crippen LogP contribution < -0.4 is 9.64 Å². The number of ether oxygens (including phenoxy) is 1. The molecule has 0 radical (unpaired) electrons. The van der Waals surface area contributed by atoms with Crippen molar-refractivity contribution in [2.45, 2.75) is 39.0 Å². The lowest BCUT2D eigenvalue weighted by Gasteiger charge is -2.33. The Hall–Kier alpha value is -3.15. The SMILES string of the molecule is CCCC1Oc2ccccc2N(Cc2cn(Cc3ccccc3)nn2)C1=O. The van der Waals surface area contributed by atoms with Crippen LogP contribution in [0.2, 0.25) is 0 Å². The molecule has 1 unspecified atom stereocenters. The summed E-state index contributed by atoms with van der Waals surface area (Å²) in [5, 5.41) is 8.47. The van der Waals surface area contributed by atoms with Gasteiger partial charge in [0.2, 0.25) is 0 Å². The van der Waals surface area contributed by atoms with Gasteiger partial charge >= 0.3 is 0 Å². The molecule has 1 atom stereocenters. The highest BCUT2D eigenvalue weighted by molar-refractivity contribution is 5.99. The largest absolute Gasteiger partial charge is 0.478 e. The first-order valence-corrected chi connectivity index (χ1v) is 9.24. The lowest BCUT2D eigenvalue weighted by molar-refractivity contribution is -0.126. The van der Waals surface area contributed by atoms with Crippen LogP contribution in [0.15, 0.2) is 60.8 Å². The highest BCUT2D eigenvalue weighted by atomic mass is 16.5. The third kappa shape index (κ3) is 3.69. The van der Waals surface area contributed by atoms with Crippen molar-refractivity contribution in [3.8, 4) is 5.75 Å². The second kappa shape index (κ2) is 7.61. The predicted octanol–water partition coefficient (Wildman–Crippen LogP) is 3.42. The van der Waals surface area contributed by atoms with Gasteiger partial charge in [0.05, 0.1) is 25.0 Å². The monoisotopic (exact) mass is 362 g/mol. The first-order chi connectivity index (χ1) is 13.2. The lowest BCUT2D eigenvalue weighted by Crippen LogP contribution is -2.45. The van der Waals surface area contributed by atoms with Crippen LogP contribution in [0.4, 0.5) is 5.69 Å². The normalized spacial score (nSPS) is 16.1. The van der Waals surface area contributed by atoms with Crippen molar-refractivity contribution in [1.82, 2.24) is 15.0 Å². The molecule has 1 aliphatic heterocycles. The number of fused-ring (bicyclic) bond motifs is 1. The molecule has 0 saturated heterocycles. The van der Waals surface area contributed by atoms with Crippen LogP contribution in [0.25, 0.3) is 0 Å². The molecule has 0 spiro atoms. The van der Waals surface area contributed by atoms with E-state index < -0.39 is 6.10 Å². The van der Waals surface area contributed by atoms with E-state index in [4.69, 9.17) is 4.74 Å². The minimum atomic E-state index is -0.440. The van der Waals surface area contributed by atoms with E-state index in [0.717, 1.165) is 29.1 Å². The third-order valence-corrected chi connectivity index (χ3v) is 4.61. The Morgan fingerprint density at radius 1 is 1.04 bits per heavy atom. The Bertz CT molecular complexity index is 923. The van der Waals surface area contributed by atoms with Gasteiger partial charge in [-0.05, 0) is 24.1 Å². The van der Waals surface area contributed by atoms with Gasteiger partial charge in [-0.15, -0.1) is 5.10 Å². The van der Waals surface area contributed by atoms with Crippen LogP contribution >= 0.6 is 0 Å². The van der Waals surface area contributed by atoms with E-state index in [-0.39, 0.29) is 5.91 Å². The maximum absolute atomic E-state index is 12.9. The van der Waals surface area contributed by atoms with Gasteiger partial charge in [0, 0.05) is 0 Å². The Labute approximate surface area is 158 Å². The molecule has 0 fully saturated rings. The van der Waals surface area contributed by atoms with E-state index in [9.17, 15) is 4.79 Å². The zero-order valence-electron chi connectivity index (χ0n) is 15.3. The number of para-hydroxylation sites is 2. The summed E-state index contributed by atoms with van der Waals surface area (Å²) in [6.07, 6.45) is 3.04. The molecule has 2 heterocycles. The van der Waals surface area contributed by atoms with Crippen LogP contribution in [0.3, 0.4) is 0 Å². The van der Waals surface area contributed by atoms with Gasteiger partial charge in [-0.1, -0.05) is 61.0 Å². The molecule has 6 heteroatoms. The minimum absolute atomic E-state index is 0.0202. The van der Waals surface area contributed by atoms with E-state index >= 15 is 0 Å². The van der Waals surface area contributed by atoms with Crippen LogP contribution in [-0.4, -0.2) is 27.0 Å². The average Bonchev–Trinajstić information content (AvgIpc) is 3.13. The molecule has 2 aromatic carbocycles. The summed E-state index contributed by atoms with van der Waals surface area (Å²) in [5.74, 6) is 0.723. The van der Waals surface area contributed by atoms with Crippen molar-refractivity contribution >= 4 is 11.6 Å². The number of nitrogens with zero attached hydrogens (tertiary/aromatic N) is 4. The van der Waals surface area contributed by atoms with Crippen molar-refractivity contribution in [3.63, 3.8) is 0 Å². The molecule has 27 heavy (non-hydrogen) atoms. The maximum atomic E-state index is 12.9. The number of amides is 1. The van der Waals surface area contributed by atoms with E-state index in [1.807, 2.05) is 48.7 Å². The minimum Gasteiger partial charge on any atom is -0.478 e. The quantitative estimate of drug-likeness (QED) is 0.674. The van der Waals surface area contributed by atoms with Crippen molar-refractivity contribution < 1.29 is 9.53 Å². The Morgan fingerprint density at radius 3 is 2.63 bits per heavy atom. The zero-order chi connectivity index (χ0) is 18.6. The molecule has 3 aromatic rings. The van der Waals surface area contributed by atoms with Gasteiger partial charge < -0.3 is 4.74 Å². The van der Waals surface area contributed by atoms with Gasteiger partial charge in [0.1, 0.15) is 11.4 Å². The molecule has 0 aliphatic carbocycles. The Balaban J connectivity index is 1.55. The summed E-state index contributed by atoms with van der Waals surface area (Å²) in [5.41, 5.74) is 2.70. The van der Waals surface area contributed by atoms with E-state index in [1.165, 1.54) is 0 Å². The van der Waals surface area contributed by atoms with Crippen LogP contribution in [0, 0.1) is 0 Å². The fraction of sp³-hybridized carbons (Fsp3) is 0.286. The van der Waals surface area contributed by atoms with E-state index in [0.29, 0.717) is 19.5 Å². The van der Waals surface area contributed by atoms with Crippen molar-refractivity contribution in [3.05, 3.63) is 72.1 Å². The maximum Gasteiger partial charge on any atom is 0.268 e. The lowest BCUT2D eigenvalue weighted by atomic mass is 10.1. The second-order valence-corrected chi connectivity index (χ2v) is 6.68. The molecule has 1 amide bonds. The van der Waals surface area contributed by atoms with Crippen molar-refractivity contribution in [1.29, 1.82) is 0 Å².